The summed E-state index contributed by atoms with van der Waals surface area (Å²) in [6.45, 7) is 1.50. The average molecular weight is 208 g/mol. The third-order valence-electron chi connectivity index (χ3n) is 2.54. The van der Waals surface area contributed by atoms with Gasteiger partial charge in [0.05, 0.1) is 12.0 Å². The standard InChI is InChI=1S/C11H12O4/c1-5-8-7(2)10(13)11(14-3,15-4)6-9(8)12/h1H,6H2,2-4H3. The highest BCUT2D eigenvalue weighted by Gasteiger charge is 2.46. The maximum absolute atomic E-state index is 11.9. The summed E-state index contributed by atoms with van der Waals surface area (Å²) < 4.78 is 9.96. The number of hydrogen-bond acceptors (Lipinski definition) is 4. The Morgan fingerprint density at radius 1 is 1.33 bits per heavy atom. The van der Waals surface area contributed by atoms with Gasteiger partial charge in [-0.05, 0) is 6.92 Å². The highest BCUT2D eigenvalue weighted by atomic mass is 16.7. The van der Waals surface area contributed by atoms with Gasteiger partial charge in [-0.25, -0.2) is 0 Å². The first-order chi connectivity index (χ1) is 7.02. The van der Waals surface area contributed by atoms with Crippen molar-refractivity contribution in [2.45, 2.75) is 19.1 Å². The van der Waals surface area contributed by atoms with Crippen molar-refractivity contribution in [1.29, 1.82) is 0 Å². The lowest BCUT2D eigenvalue weighted by Gasteiger charge is -2.32. The highest BCUT2D eigenvalue weighted by molar-refractivity contribution is 6.17. The Hall–Kier alpha value is -1.44. The zero-order chi connectivity index (χ0) is 11.6. The lowest BCUT2D eigenvalue weighted by atomic mass is 9.86. The molecule has 0 aromatic rings. The lowest BCUT2D eigenvalue weighted by molar-refractivity contribution is -0.207. The Morgan fingerprint density at radius 3 is 2.27 bits per heavy atom. The number of carbonyl (C=O) groups is 2. The number of terminal acetylenes is 1. The Balaban J connectivity index is 3.29. The second-order valence-electron chi connectivity index (χ2n) is 3.23. The summed E-state index contributed by atoms with van der Waals surface area (Å²) >= 11 is 0. The third kappa shape index (κ3) is 1.60. The molecular formula is C11H12O4. The zero-order valence-electron chi connectivity index (χ0n) is 8.92. The number of allylic oxidation sites excluding steroid dienone is 1. The summed E-state index contributed by atoms with van der Waals surface area (Å²) in [5.41, 5.74) is 0.335. The van der Waals surface area contributed by atoms with Crippen molar-refractivity contribution in [2.24, 2.45) is 0 Å². The molecule has 0 aliphatic heterocycles. The summed E-state index contributed by atoms with van der Waals surface area (Å²) in [6, 6.07) is 0. The second kappa shape index (κ2) is 3.97. The van der Waals surface area contributed by atoms with Crippen LogP contribution in [0.2, 0.25) is 0 Å². The molecular weight excluding hydrogens is 196 g/mol. The van der Waals surface area contributed by atoms with E-state index in [1.54, 1.807) is 0 Å². The minimum atomic E-state index is -1.50. The first-order valence-corrected chi connectivity index (χ1v) is 4.38. The molecule has 0 unspecified atom stereocenters. The van der Waals surface area contributed by atoms with Crippen LogP contribution in [0, 0.1) is 12.3 Å². The molecule has 1 rings (SSSR count). The monoisotopic (exact) mass is 208 g/mol. The lowest BCUT2D eigenvalue weighted by Crippen LogP contribution is -2.48. The predicted octanol–water partition coefficient (Wildman–Crippen LogP) is 0.467. The Labute approximate surface area is 88.2 Å². The normalized spacial score (nSPS) is 20.4. The van der Waals surface area contributed by atoms with Crippen molar-refractivity contribution in [3.63, 3.8) is 0 Å². The molecule has 80 valence electrons. The van der Waals surface area contributed by atoms with E-state index in [1.807, 2.05) is 0 Å². The molecule has 0 atom stereocenters. The van der Waals surface area contributed by atoms with Gasteiger partial charge in [0, 0.05) is 19.8 Å². The minimum absolute atomic E-state index is 0.115. The van der Waals surface area contributed by atoms with Crippen LogP contribution in [0.15, 0.2) is 11.1 Å². The molecule has 4 nitrogen and oxygen atoms in total. The van der Waals surface area contributed by atoms with Crippen LogP contribution < -0.4 is 0 Å². The fourth-order valence-corrected chi connectivity index (χ4v) is 1.59. The molecule has 0 N–H and O–H groups in total. The van der Waals surface area contributed by atoms with E-state index in [9.17, 15) is 9.59 Å². The summed E-state index contributed by atoms with van der Waals surface area (Å²) in [6.07, 6.45) is 4.98. The number of hydrogen-bond donors (Lipinski definition) is 0. The summed E-state index contributed by atoms with van der Waals surface area (Å²) in [5, 5.41) is 0. The van der Waals surface area contributed by atoms with Crippen LogP contribution in [0.1, 0.15) is 13.3 Å². The van der Waals surface area contributed by atoms with E-state index in [-0.39, 0.29) is 29.1 Å². The van der Waals surface area contributed by atoms with Crippen LogP contribution in [-0.4, -0.2) is 31.6 Å². The number of carbonyl (C=O) groups excluding carboxylic acids is 2. The Morgan fingerprint density at radius 2 is 1.87 bits per heavy atom. The van der Waals surface area contributed by atoms with E-state index in [4.69, 9.17) is 15.9 Å². The van der Waals surface area contributed by atoms with Gasteiger partial charge in [0.15, 0.2) is 5.78 Å². The van der Waals surface area contributed by atoms with Crippen LogP contribution in [0.5, 0.6) is 0 Å². The van der Waals surface area contributed by atoms with Crippen molar-refractivity contribution in [1.82, 2.24) is 0 Å². The zero-order valence-corrected chi connectivity index (χ0v) is 8.92. The average Bonchev–Trinajstić information content (AvgIpc) is 2.24. The van der Waals surface area contributed by atoms with Crippen molar-refractivity contribution in [3.05, 3.63) is 11.1 Å². The van der Waals surface area contributed by atoms with Crippen LogP contribution in [0.3, 0.4) is 0 Å². The maximum Gasteiger partial charge on any atom is 0.240 e. The highest BCUT2D eigenvalue weighted by Crippen LogP contribution is 2.30. The fourth-order valence-electron chi connectivity index (χ4n) is 1.59. The van der Waals surface area contributed by atoms with E-state index in [1.165, 1.54) is 21.1 Å². The molecule has 1 aliphatic rings. The van der Waals surface area contributed by atoms with Crippen molar-refractivity contribution >= 4 is 11.6 Å². The van der Waals surface area contributed by atoms with Crippen molar-refractivity contribution in [2.75, 3.05) is 14.2 Å². The fraction of sp³-hybridized carbons (Fsp3) is 0.455. The third-order valence-corrected chi connectivity index (χ3v) is 2.54. The van der Waals surface area contributed by atoms with Gasteiger partial charge < -0.3 is 9.47 Å². The van der Waals surface area contributed by atoms with E-state index in [0.29, 0.717) is 0 Å². The first kappa shape index (κ1) is 11.6. The molecule has 0 saturated carbocycles. The number of Topliss-reactive ketones (excluding diaryl/α,β-unsaturated/α-hetero) is 2. The number of rotatable bonds is 2. The summed E-state index contributed by atoms with van der Waals surface area (Å²) in [5.74, 6) is 0.0235. The van der Waals surface area contributed by atoms with Gasteiger partial charge in [0.25, 0.3) is 0 Å². The molecule has 0 heterocycles. The minimum Gasteiger partial charge on any atom is -0.346 e. The first-order valence-electron chi connectivity index (χ1n) is 4.38. The molecule has 0 spiro atoms. The van der Waals surface area contributed by atoms with Gasteiger partial charge in [-0.15, -0.1) is 6.42 Å². The van der Waals surface area contributed by atoms with Crippen molar-refractivity contribution < 1.29 is 19.1 Å². The maximum atomic E-state index is 11.9. The van der Waals surface area contributed by atoms with E-state index in [2.05, 4.69) is 5.92 Å². The van der Waals surface area contributed by atoms with E-state index >= 15 is 0 Å². The quantitative estimate of drug-likeness (QED) is 0.489. The Bertz CT molecular complexity index is 380. The smallest absolute Gasteiger partial charge is 0.240 e. The van der Waals surface area contributed by atoms with E-state index < -0.39 is 5.79 Å². The molecule has 0 bridgehead atoms. The largest absolute Gasteiger partial charge is 0.346 e. The molecule has 1 aliphatic carbocycles. The van der Waals surface area contributed by atoms with Gasteiger partial charge in [0.1, 0.15) is 0 Å². The topological polar surface area (TPSA) is 52.6 Å². The summed E-state index contributed by atoms with van der Waals surface area (Å²) in [4.78, 5) is 23.5. The number of ketones is 2. The van der Waals surface area contributed by atoms with Crippen molar-refractivity contribution in [3.8, 4) is 12.3 Å². The number of methoxy groups -OCH3 is 2. The van der Waals surface area contributed by atoms with Gasteiger partial charge >= 0.3 is 0 Å². The molecule has 0 fully saturated rings. The van der Waals surface area contributed by atoms with Crippen LogP contribution in [0.25, 0.3) is 0 Å². The second-order valence-corrected chi connectivity index (χ2v) is 3.23. The SMILES string of the molecule is C#CC1=C(C)C(=O)C(OC)(OC)CC1=O. The van der Waals surface area contributed by atoms with Crippen LogP contribution in [-0.2, 0) is 19.1 Å². The van der Waals surface area contributed by atoms with Crippen LogP contribution in [0.4, 0.5) is 0 Å². The van der Waals surface area contributed by atoms with Gasteiger partial charge in [0.2, 0.25) is 11.6 Å². The molecule has 15 heavy (non-hydrogen) atoms. The molecule has 0 aromatic carbocycles. The van der Waals surface area contributed by atoms with E-state index in [0.717, 1.165) is 0 Å². The Kier molecular flexibility index (Phi) is 3.08. The molecule has 0 amide bonds. The van der Waals surface area contributed by atoms with Gasteiger partial charge in [-0.1, -0.05) is 5.92 Å². The molecule has 0 saturated heterocycles. The summed E-state index contributed by atoms with van der Waals surface area (Å²) in [7, 11) is 2.64. The molecule has 4 heteroatoms. The molecule has 0 aromatic heterocycles. The van der Waals surface area contributed by atoms with Gasteiger partial charge in [-0.3, -0.25) is 9.59 Å². The predicted molar refractivity (Wildman–Crippen MR) is 52.9 cm³/mol. The van der Waals surface area contributed by atoms with Gasteiger partial charge in [-0.2, -0.15) is 0 Å². The molecule has 0 radical (unpaired) electrons. The van der Waals surface area contributed by atoms with Crippen LogP contribution >= 0.6 is 0 Å². The number of ether oxygens (including phenoxy) is 2.